The van der Waals surface area contributed by atoms with E-state index in [1.165, 1.54) is 89.0 Å². The van der Waals surface area contributed by atoms with Crippen LogP contribution in [0.1, 0.15) is 104 Å². The van der Waals surface area contributed by atoms with Crippen molar-refractivity contribution in [2.24, 2.45) is 5.92 Å². The first-order valence-corrected chi connectivity index (χ1v) is 10.1. The fraction of sp³-hybridized carbons (Fsp3) is 0.905. The van der Waals surface area contributed by atoms with Crippen molar-refractivity contribution in [3.63, 3.8) is 0 Å². The Labute approximate surface area is 145 Å². The largest absolute Gasteiger partial charge is 0.396 e. The van der Waals surface area contributed by atoms with Gasteiger partial charge in [-0.15, -0.1) is 0 Å². The molecular formula is C21H42O2. The molecule has 138 valence electrons. The molecule has 0 amide bonds. The maximum Gasteiger partial charge on any atom is 0.0515 e. The Kier molecular flexibility index (Phi) is 17.7. The summed E-state index contributed by atoms with van der Waals surface area (Å²) < 4.78 is 0. The van der Waals surface area contributed by atoms with Crippen LogP contribution in [0.2, 0.25) is 0 Å². The Morgan fingerprint density at radius 1 is 0.696 bits per heavy atom. The molecule has 2 heteroatoms. The van der Waals surface area contributed by atoms with Crippen molar-refractivity contribution in [1.82, 2.24) is 0 Å². The number of hydrogen-bond acceptors (Lipinski definition) is 2. The van der Waals surface area contributed by atoms with E-state index in [0.29, 0.717) is 0 Å². The molecule has 0 rings (SSSR count). The smallest absolute Gasteiger partial charge is 0.0515 e. The van der Waals surface area contributed by atoms with Crippen molar-refractivity contribution in [3.05, 3.63) is 11.6 Å². The molecule has 0 aliphatic rings. The molecule has 0 aromatic heterocycles. The highest BCUT2D eigenvalue weighted by atomic mass is 16.3. The lowest BCUT2D eigenvalue weighted by Gasteiger charge is -2.08. The Morgan fingerprint density at radius 2 is 1.09 bits per heavy atom. The maximum absolute atomic E-state index is 9.05. The number of hydrogen-bond donors (Lipinski definition) is 2. The van der Waals surface area contributed by atoms with Gasteiger partial charge in [-0.05, 0) is 19.8 Å². The zero-order valence-electron chi connectivity index (χ0n) is 15.9. The fourth-order valence-corrected chi connectivity index (χ4v) is 3.07. The fourth-order valence-electron chi connectivity index (χ4n) is 3.07. The minimum atomic E-state index is -0.0722. The van der Waals surface area contributed by atoms with Gasteiger partial charge in [-0.2, -0.15) is 0 Å². The van der Waals surface area contributed by atoms with Crippen LogP contribution >= 0.6 is 0 Å². The summed E-state index contributed by atoms with van der Waals surface area (Å²) in [6, 6.07) is 0. The lowest BCUT2D eigenvalue weighted by molar-refractivity contribution is 0.177. The third-order valence-electron chi connectivity index (χ3n) is 4.66. The molecule has 0 fully saturated rings. The monoisotopic (exact) mass is 326 g/mol. The Morgan fingerprint density at radius 3 is 1.48 bits per heavy atom. The summed E-state index contributed by atoms with van der Waals surface area (Å²) in [7, 11) is 0. The summed E-state index contributed by atoms with van der Waals surface area (Å²) in [5.74, 6) is -0.0722. The van der Waals surface area contributed by atoms with Crippen LogP contribution in [-0.4, -0.2) is 23.4 Å². The van der Waals surface area contributed by atoms with Crippen LogP contribution in [0.15, 0.2) is 11.6 Å². The van der Waals surface area contributed by atoms with Crippen molar-refractivity contribution in [2.75, 3.05) is 13.2 Å². The molecule has 2 N–H and O–H groups in total. The van der Waals surface area contributed by atoms with Crippen molar-refractivity contribution < 1.29 is 10.2 Å². The standard InChI is InChI=1S/C21H42O2/c1-3-4-5-6-7-8-9-10-11-12-13-14-15-16-20(2)17-21(18-22)19-23/h17,21-23H,3-16,18-19H2,1-2H3/b20-17+. The molecule has 2 nitrogen and oxygen atoms in total. The molecule has 0 aromatic rings. The number of allylic oxidation sites excluding steroid dienone is 1. The first-order chi connectivity index (χ1) is 11.2. The van der Waals surface area contributed by atoms with E-state index in [1.54, 1.807) is 0 Å². The molecule has 0 atom stereocenters. The SMILES string of the molecule is CCCCCCCCCCCCCCC/C(C)=C/C(CO)CO. The topological polar surface area (TPSA) is 40.5 Å². The van der Waals surface area contributed by atoms with E-state index in [4.69, 9.17) is 10.2 Å². The maximum atomic E-state index is 9.05. The molecule has 0 saturated heterocycles. The van der Waals surface area contributed by atoms with Crippen LogP contribution in [0.5, 0.6) is 0 Å². The van der Waals surface area contributed by atoms with Gasteiger partial charge in [0, 0.05) is 5.92 Å². The lowest BCUT2D eigenvalue weighted by atomic mass is 10.0. The first kappa shape index (κ1) is 22.7. The summed E-state index contributed by atoms with van der Waals surface area (Å²) in [6.45, 7) is 4.48. The predicted molar refractivity (Wildman–Crippen MR) is 102 cm³/mol. The van der Waals surface area contributed by atoms with Gasteiger partial charge < -0.3 is 10.2 Å². The molecular weight excluding hydrogens is 284 g/mol. The van der Waals surface area contributed by atoms with Gasteiger partial charge in [-0.25, -0.2) is 0 Å². The van der Waals surface area contributed by atoms with Gasteiger partial charge in [0.25, 0.3) is 0 Å². The van der Waals surface area contributed by atoms with Crippen molar-refractivity contribution >= 4 is 0 Å². The molecule has 0 aliphatic heterocycles. The van der Waals surface area contributed by atoms with Gasteiger partial charge in [0.2, 0.25) is 0 Å². The summed E-state index contributed by atoms with van der Waals surface area (Å²) in [4.78, 5) is 0. The lowest BCUT2D eigenvalue weighted by Crippen LogP contribution is -2.08. The predicted octanol–water partition coefficient (Wildman–Crippen LogP) is 6.01. The van der Waals surface area contributed by atoms with Gasteiger partial charge in [0.15, 0.2) is 0 Å². The van der Waals surface area contributed by atoms with Crippen LogP contribution in [0, 0.1) is 5.92 Å². The molecule has 0 unspecified atom stereocenters. The van der Waals surface area contributed by atoms with Crippen molar-refractivity contribution in [2.45, 2.75) is 104 Å². The van der Waals surface area contributed by atoms with E-state index >= 15 is 0 Å². The van der Waals surface area contributed by atoms with Gasteiger partial charge in [-0.1, -0.05) is 95.6 Å². The van der Waals surface area contributed by atoms with Crippen LogP contribution < -0.4 is 0 Å². The third kappa shape index (κ3) is 16.3. The van der Waals surface area contributed by atoms with E-state index in [2.05, 4.69) is 13.8 Å². The second kappa shape index (κ2) is 18.0. The summed E-state index contributed by atoms with van der Waals surface area (Å²) in [5.41, 5.74) is 1.31. The Hall–Kier alpha value is -0.340. The summed E-state index contributed by atoms with van der Waals surface area (Å²) in [5, 5.41) is 18.1. The Bertz CT molecular complexity index is 257. The quantitative estimate of drug-likeness (QED) is 0.254. The molecule has 0 saturated carbocycles. The van der Waals surface area contributed by atoms with Gasteiger partial charge in [0.05, 0.1) is 13.2 Å². The molecule has 0 aliphatic carbocycles. The zero-order valence-corrected chi connectivity index (χ0v) is 15.9. The zero-order chi connectivity index (χ0) is 17.2. The van der Waals surface area contributed by atoms with Crippen LogP contribution in [0.4, 0.5) is 0 Å². The number of aliphatic hydroxyl groups is 2. The van der Waals surface area contributed by atoms with E-state index < -0.39 is 0 Å². The summed E-state index contributed by atoms with van der Waals surface area (Å²) >= 11 is 0. The summed E-state index contributed by atoms with van der Waals surface area (Å²) in [6.07, 6.45) is 21.2. The molecule has 0 aromatic carbocycles. The van der Waals surface area contributed by atoms with E-state index in [-0.39, 0.29) is 19.1 Å². The average molecular weight is 327 g/mol. The van der Waals surface area contributed by atoms with Gasteiger partial charge >= 0.3 is 0 Å². The molecule has 0 radical (unpaired) electrons. The van der Waals surface area contributed by atoms with Crippen molar-refractivity contribution in [1.29, 1.82) is 0 Å². The van der Waals surface area contributed by atoms with Crippen molar-refractivity contribution in [3.8, 4) is 0 Å². The Balaban J connectivity index is 3.27. The van der Waals surface area contributed by atoms with Crippen LogP contribution in [0.25, 0.3) is 0 Å². The van der Waals surface area contributed by atoms with Gasteiger partial charge in [0.1, 0.15) is 0 Å². The number of aliphatic hydroxyl groups excluding tert-OH is 2. The number of unbranched alkanes of at least 4 members (excludes halogenated alkanes) is 12. The van der Waals surface area contributed by atoms with E-state index in [9.17, 15) is 0 Å². The van der Waals surface area contributed by atoms with E-state index in [0.717, 1.165) is 6.42 Å². The normalized spacial score (nSPS) is 12.3. The number of rotatable bonds is 17. The third-order valence-corrected chi connectivity index (χ3v) is 4.66. The van der Waals surface area contributed by atoms with Crippen LogP contribution in [-0.2, 0) is 0 Å². The highest BCUT2D eigenvalue weighted by molar-refractivity contribution is 5.01. The highest BCUT2D eigenvalue weighted by Crippen LogP contribution is 2.15. The molecule has 0 heterocycles. The first-order valence-electron chi connectivity index (χ1n) is 10.1. The highest BCUT2D eigenvalue weighted by Gasteiger charge is 2.02. The van der Waals surface area contributed by atoms with Crippen LogP contribution in [0.3, 0.4) is 0 Å². The minimum absolute atomic E-state index is 0.0481. The second-order valence-electron chi connectivity index (χ2n) is 7.13. The minimum Gasteiger partial charge on any atom is -0.396 e. The average Bonchev–Trinajstić information content (AvgIpc) is 2.56. The molecule has 0 spiro atoms. The van der Waals surface area contributed by atoms with Gasteiger partial charge in [-0.3, -0.25) is 0 Å². The molecule has 23 heavy (non-hydrogen) atoms. The second-order valence-corrected chi connectivity index (χ2v) is 7.13. The molecule has 0 bridgehead atoms. The van der Waals surface area contributed by atoms with E-state index in [1.807, 2.05) is 6.08 Å².